The molecule has 2 aromatic heterocycles. The van der Waals surface area contributed by atoms with Gasteiger partial charge in [-0.1, -0.05) is 11.3 Å². The molecule has 2 heterocycles. The highest BCUT2D eigenvalue weighted by atomic mass is 32.1. The Kier molecular flexibility index (Phi) is 4.68. The maximum Gasteiger partial charge on any atom is 0.435 e. The van der Waals surface area contributed by atoms with Gasteiger partial charge in [-0.2, -0.15) is 18.3 Å². The molecule has 2 rings (SSSR count). The quantitative estimate of drug-likeness (QED) is 0.819. The third-order valence-corrected chi connectivity index (χ3v) is 3.20. The average molecular weight is 307 g/mol. The molecule has 6 nitrogen and oxygen atoms in total. The van der Waals surface area contributed by atoms with Gasteiger partial charge in [-0.05, 0) is 6.07 Å². The minimum absolute atomic E-state index is 0.295. The molecule has 0 spiro atoms. The molecule has 2 aromatic rings. The second-order valence-corrected chi connectivity index (χ2v) is 4.83. The van der Waals surface area contributed by atoms with Crippen LogP contribution in [-0.4, -0.2) is 40.2 Å². The zero-order valence-corrected chi connectivity index (χ0v) is 11.3. The monoisotopic (exact) mass is 307 g/mol. The van der Waals surface area contributed by atoms with Crippen molar-refractivity contribution in [2.45, 2.75) is 12.7 Å². The van der Waals surface area contributed by atoms with Gasteiger partial charge >= 0.3 is 6.18 Å². The number of methoxy groups -OCH3 is 1. The van der Waals surface area contributed by atoms with E-state index >= 15 is 0 Å². The van der Waals surface area contributed by atoms with Crippen LogP contribution in [0.5, 0.6) is 0 Å². The third kappa shape index (κ3) is 3.74. The summed E-state index contributed by atoms with van der Waals surface area (Å²) >= 11 is 1.18. The van der Waals surface area contributed by atoms with Gasteiger partial charge in [0.15, 0.2) is 5.69 Å². The minimum atomic E-state index is -4.46. The van der Waals surface area contributed by atoms with E-state index in [1.165, 1.54) is 17.5 Å². The molecule has 0 radical (unpaired) electrons. The summed E-state index contributed by atoms with van der Waals surface area (Å²) < 4.78 is 43.2. The Morgan fingerprint density at radius 3 is 2.85 bits per heavy atom. The van der Waals surface area contributed by atoms with E-state index in [0.717, 1.165) is 10.7 Å². The standard InChI is InChI=1S/C10H12F3N5OS/c1-19-5-3-14-6-8-15-16-9(20-8)18-4-2-7(17-18)10(11,12)13/h2,4,14H,3,5-6H2,1H3. The third-order valence-electron chi connectivity index (χ3n) is 2.29. The predicted molar refractivity (Wildman–Crippen MR) is 65.6 cm³/mol. The Morgan fingerprint density at radius 1 is 1.40 bits per heavy atom. The zero-order valence-electron chi connectivity index (χ0n) is 10.5. The summed E-state index contributed by atoms with van der Waals surface area (Å²) in [5, 5.41) is 15.2. The molecule has 0 bridgehead atoms. The van der Waals surface area contributed by atoms with Crippen molar-refractivity contribution in [1.82, 2.24) is 25.3 Å². The SMILES string of the molecule is COCCNCc1nnc(-n2ccc(C(F)(F)F)n2)s1. The van der Waals surface area contributed by atoms with Crippen LogP contribution >= 0.6 is 11.3 Å². The lowest BCUT2D eigenvalue weighted by molar-refractivity contribution is -0.141. The Labute approximate surface area is 116 Å². The van der Waals surface area contributed by atoms with Crippen molar-refractivity contribution in [3.8, 4) is 5.13 Å². The highest BCUT2D eigenvalue weighted by Gasteiger charge is 2.33. The summed E-state index contributed by atoms with van der Waals surface area (Å²) in [5.74, 6) is 0. The summed E-state index contributed by atoms with van der Waals surface area (Å²) in [5.41, 5.74) is -0.951. The van der Waals surface area contributed by atoms with Crippen LogP contribution in [0.3, 0.4) is 0 Å². The molecule has 0 aliphatic carbocycles. The molecule has 110 valence electrons. The van der Waals surface area contributed by atoms with Crippen LogP contribution in [0.25, 0.3) is 5.13 Å². The van der Waals surface area contributed by atoms with Gasteiger partial charge in [0.25, 0.3) is 0 Å². The van der Waals surface area contributed by atoms with E-state index in [9.17, 15) is 13.2 Å². The van der Waals surface area contributed by atoms with E-state index < -0.39 is 11.9 Å². The number of hydrogen-bond donors (Lipinski definition) is 1. The lowest BCUT2D eigenvalue weighted by Crippen LogP contribution is -2.18. The van der Waals surface area contributed by atoms with Crippen LogP contribution in [0.2, 0.25) is 0 Å². The van der Waals surface area contributed by atoms with Gasteiger partial charge in [0.2, 0.25) is 5.13 Å². The first kappa shape index (κ1) is 14.9. The second-order valence-electron chi connectivity index (χ2n) is 3.79. The topological polar surface area (TPSA) is 64.9 Å². The summed E-state index contributed by atoms with van der Waals surface area (Å²) in [6, 6.07) is 0.901. The summed E-state index contributed by atoms with van der Waals surface area (Å²) in [4.78, 5) is 0. The molecule has 0 fully saturated rings. The van der Waals surface area contributed by atoms with Gasteiger partial charge in [0.05, 0.1) is 6.61 Å². The van der Waals surface area contributed by atoms with Crippen LogP contribution in [-0.2, 0) is 17.5 Å². The minimum Gasteiger partial charge on any atom is -0.383 e. The van der Waals surface area contributed by atoms with Crippen LogP contribution in [0.4, 0.5) is 13.2 Å². The average Bonchev–Trinajstić information content (AvgIpc) is 3.02. The summed E-state index contributed by atoms with van der Waals surface area (Å²) in [7, 11) is 1.60. The first-order chi connectivity index (χ1) is 9.50. The number of halogens is 3. The highest BCUT2D eigenvalue weighted by molar-refractivity contribution is 7.13. The molecular weight excluding hydrogens is 295 g/mol. The normalized spacial score (nSPS) is 12.0. The second kappa shape index (κ2) is 6.29. The van der Waals surface area contributed by atoms with Gasteiger partial charge in [0.1, 0.15) is 5.01 Å². The number of nitrogens with one attached hydrogen (secondary N) is 1. The molecule has 0 aliphatic heterocycles. The largest absolute Gasteiger partial charge is 0.435 e. The fraction of sp³-hybridized carbons (Fsp3) is 0.500. The van der Waals surface area contributed by atoms with Crippen molar-refractivity contribution in [2.24, 2.45) is 0 Å². The molecule has 0 saturated carbocycles. The van der Waals surface area contributed by atoms with Crippen LogP contribution < -0.4 is 5.32 Å². The van der Waals surface area contributed by atoms with Gasteiger partial charge in [0, 0.05) is 26.4 Å². The fourth-order valence-corrected chi connectivity index (χ4v) is 2.10. The van der Waals surface area contributed by atoms with E-state index in [4.69, 9.17) is 4.74 Å². The molecule has 20 heavy (non-hydrogen) atoms. The number of ether oxygens (including phenoxy) is 1. The number of rotatable bonds is 6. The smallest absolute Gasteiger partial charge is 0.383 e. The van der Waals surface area contributed by atoms with E-state index in [1.807, 2.05) is 0 Å². The number of hydrogen-bond acceptors (Lipinski definition) is 6. The molecular formula is C10H12F3N5OS. The molecule has 0 saturated heterocycles. The predicted octanol–water partition coefficient (Wildman–Crippen LogP) is 1.48. The van der Waals surface area contributed by atoms with Crippen molar-refractivity contribution in [3.63, 3.8) is 0 Å². The molecule has 0 atom stereocenters. The number of aromatic nitrogens is 4. The highest BCUT2D eigenvalue weighted by Crippen LogP contribution is 2.28. The van der Waals surface area contributed by atoms with E-state index in [0.29, 0.717) is 29.8 Å². The molecule has 0 aliphatic rings. The summed E-state index contributed by atoms with van der Waals surface area (Å²) in [6.45, 7) is 1.71. The van der Waals surface area contributed by atoms with Gasteiger partial charge in [-0.3, -0.25) is 0 Å². The van der Waals surface area contributed by atoms with Gasteiger partial charge in [-0.15, -0.1) is 10.2 Å². The van der Waals surface area contributed by atoms with Gasteiger partial charge in [-0.25, -0.2) is 4.68 Å². The Morgan fingerprint density at radius 2 is 2.20 bits per heavy atom. The lowest BCUT2D eigenvalue weighted by atomic mass is 10.4. The lowest BCUT2D eigenvalue weighted by Gasteiger charge is -2.00. The van der Waals surface area contributed by atoms with Crippen molar-refractivity contribution in [1.29, 1.82) is 0 Å². The molecule has 0 amide bonds. The number of alkyl halides is 3. The van der Waals surface area contributed by atoms with E-state index in [2.05, 4.69) is 20.6 Å². The maximum absolute atomic E-state index is 12.4. The summed E-state index contributed by atoms with van der Waals surface area (Å²) in [6.07, 6.45) is -3.24. The van der Waals surface area contributed by atoms with Crippen molar-refractivity contribution < 1.29 is 17.9 Å². The van der Waals surface area contributed by atoms with Crippen molar-refractivity contribution in [3.05, 3.63) is 23.0 Å². The molecule has 10 heteroatoms. The number of nitrogens with zero attached hydrogens (tertiary/aromatic N) is 4. The van der Waals surface area contributed by atoms with Crippen LogP contribution in [0, 0.1) is 0 Å². The Balaban J connectivity index is 2.00. The van der Waals surface area contributed by atoms with Gasteiger partial charge < -0.3 is 10.1 Å². The molecule has 0 aromatic carbocycles. The zero-order chi connectivity index (χ0) is 14.6. The first-order valence-corrected chi connectivity index (χ1v) is 6.47. The van der Waals surface area contributed by atoms with E-state index in [1.54, 1.807) is 7.11 Å². The first-order valence-electron chi connectivity index (χ1n) is 5.66. The van der Waals surface area contributed by atoms with Crippen LogP contribution in [0.1, 0.15) is 10.7 Å². The molecule has 1 N–H and O–H groups in total. The van der Waals surface area contributed by atoms with Crippen molar-refractivity contribution in [2.75, 3.05) is 20.3 Å². The van der Waals surface area contributed by atoms with Crippen LogP contribution in [0.15, 0.2) is 12.3 Å². The molecule has 0 unspecified atom stereocenters. The fourth-order valence-electron chi connectivity index (χ4n) is 1.36. The Hall–Kier alpha value is -1.52. The van der Waals surface area contributed by atoms with Crippen molar-refractivity contribution >= 4 is 11.3 Å². The maximum atomic E-state index is 12.4. The Bertz CT molecular complexity index is 553. The van der Waals surface area contributed by atoms with E-state index in [-0.39, 0.29) is 0 Å².